The summed E-state index contributed by atoms with van der Waals surface area (Å²) in [6.07, 6.45) is 5.12. The maximum Gasteiger partial charge on any atom is 0.326 e. The van der Waals surface area contributed by atoms with Gasteiger partial charge in [0, 0.05) is 11.3 Å². The Kier molecular flexibility index (Phi) is 4.39. The van der Waals surface area contributed by atoms with Gasteiger partial charge in [0.1, 0.15) is 11.5 Å². The third kappa shape index (κ3) is 3.47. The van der Waals surface area contributed by atoms with Gasteiger partial charge in [0.2, 0.25) is 5.88 Å². The van der Waals surface area contributed by atoms with E-state index in [1.165, 1.54) is 0 Å². The Hall–Kier alpha value is -3.47. The molecule has 4 N–H and O–H groups in total. The number of imidazole rings is 1. The standard InChI is InChI=1S/C19H15BrFN7O2/c20-11-2-1-3-12(16(11)21)24-14-7-15(23-10-4-5-10)28-17(26-14)9(8-22-28)6-13-18(29)27-19(30)25-13/h1-3,6-8,10,24,29H,4-5H2,(H2,25,27,30)/b9-6+,23-15?. The molecule has 1 aliphatic carbocycles. The van der Waals surface area contributed by atoms with Crippen LogP contribution in [0, 0.1) is 5.82 Å². The molecule has 11 heteroatoms. The normalized spacial score (nSPS) is 15.3. The molecular weight excluding hydrogens is 457 g/mol. The zero-order chi connectivity index (χ0) is 20.8. The molecule has 0 spiro atoms. The lowest BCUT2D eigenvalue weighted by Crippen LogP contribution is -2.20. The van der Waals surface area contributed by atoms with Crippen LogP contribution in [0.2, 0.25) is 0 Å². The average Bonchev–Trinajstić information content (AvgIpc) is 3.34. The zero-order valence-electron chi connectivity index (χ0n) is 15.4. The number of H-pyrrole nitrogens is 2. The molecule has 0 amide bonds. The smallest absolute Gasteiger partial charge is 0.326 e. The predicted octanol–water partition coefficient (Wildman–Crippen LogP) is 1.71. The Morgan fingerprint density at radius 3 is 2.93 bits per heavy atom. The van der Waals surface area contributed by atoms with Crippen molar-refractivity contribution in [2.75, 3.05) is 5.32 Å². The van der Waals surface area contributed by atoms with Crippen molar-refractivity contribution in [1.82, 2.24) is 24.6 Å². The van der Waals surface area contributed by atoms with Crippen molar-refractivity contribution in [3.63, 3.8) is 0 Å². The van der Waals surface area contributed by atoms with Gasteiger partial charge in [0.05, 0.1) is 22.4 Å². The van der Waals surface area contributed by atoms with Crippen LogP contribution >= 0.6 is 15.9 Å². The molecule has 1 aliphatic rings. The van der Waals surface area contributed by atoms with E-state index in [4.69, 9.17) is 0 Å². The summed E-state index contributed by atoms with van der Waals surface area (Å²) in [5.41, 5.74) is 0.952. The fourth-order valence-electron chi connectivity index (χ4n) is 3.00. The Balaban J connectivity index is 1.69. The summed E-state index contributed by atoms with van der Waals surface area (Å²) >= 11 is 3.18. The van der Waals surface area contributed by atoms with E-state index < -0.39 is 11.5 Å². The minimum absolute atomic E-state index is 0.203. The predicted molar refractivity (Wildman–Crippen MR) is 111 cm³/mol. The van der Waals surface area contributed by atoms with Crippen molar-refractivity contribution in [2.24, 2.45) is 4.99 Å². The molecule has 4 aromatic rings. The van der Waals surface area contributed by atoms with Crippen LogP contribution in [0.15, 0.2) is 44.7 Å². The van der Waals surface area contributed by atoms with Crippen molar-refractivity contribution >= 4 is 39.2 Å². The van der Waals surface area contributed by atoms with E-state index in [1.54, 1.807) is 41.1 Å². The second kappa shape index (κ2) is 7.10. The van der Waals surface area contributed by atoms with Crippen LogP contribution in [0.5, 0.6) is 5.88 Å². The van der Waals surface area contributed by atoms with Gasteiger partial charge in [-0.05, 0) is 47.0 Å². The first-order valence-corrected chi connectivity index (χ1v) is 9.94. The van der Waals surface area contributed by atoms with Crippen LogP contribution in [0.1, 0.15) is 18.5 Å². The van der Waals surface area contributed by atoms with Crippen molar-refractivity contribution in [3.8, 4) is 5.88 Å². The molecule has 0 atom stereocenters. The average molecular weight is 472 g/mol. The van der Waals surface area contributed by atoms with Crippen LogP contribution in [0.3, 0.4) is 0 Å². The fourth-order valence-corrected chi connectivity index (χ4v) is 3.36. The molecule has 5 rings (SSSR count). The Bertz CT molecular complexity index is 1450. The Labute approximate surface area is 176 Å². The highest BCUT2D eigenvalue weighted by Gasteiger charge is 2.20. The Morgan fingerprint density at radius 1 is 1.37 bits per heavy atom. The highest BCUT2D eigenvalue weighted by Crippen LogP contribution is 2.25. The largest absolute Gasteiger partial charge is 0.493 e. The number of nitrogens with one attached hydrogen (secondary N) is 3. The minimum Gasteiger partial charge on any atom is -0.493 e. The molecule has 0 bridgehead atoms. The number of anilines is 2. The number of hydrogen-bond acceptors (Lipinski definition) is 6. The highest BCUT2D eigenvalue weighted by molar-refractivity contribution is 9.10. The van der Waals surface area contributed by atoms with Crippen molar-refractivity contribution in [2.45, 2.75) is 18.9 Å². The number of nitrogens with zero attached hydrogens (tertiary/aromatic N) is 4. The molecule has 0 saturated heterocycles. The van der Waals surface area contributed by atoms with E-state index in [0.29, 0.717) is 26.6 Å². The molecule has 1 fully saturated rings. The summed E-state index contributed by atoms with van der Waals surface area (Å²) in [6, 6.07) is 6.87. The van der Waals surface area contributed by atoms with E-state index in [1.807, 2.05) is 0 Å². The molecule has 30 heavy (non-hydrogen) atoms. The van der Waals surface area contributed by atoms with Crippen LogP contribution in [-0.4, -0.2) is 35.7 Å². The Morgan fingerprint density at radius 2 is 2.20 bits per heavy atom. The van der Waals surface area contributed by atoms with Gasteiger partial charge in [0.15, 0.2) is 17.0 Å². The molecule has 152 valence electrons. The third-order valence-electron chi connectivity index (χ3n) is 4.59. The van der Waals surface area contributed by atoms with E-state index in [0.717, 1.165) is 12.8 Å². The lowest BCUT2D eigenvalue weighted by molar-refractivity contribution is 0.454. The summed E-state index contributed by atoms with van der Waals surface area (Å²) in [6.45, 7) is 0. The lowest BCUT2D eigenvalue weighted by Gasteiger charge is -2.08. The molecule has 1 saturated carbocycles. The molecule has 3 heterocycles. The summed E-state index contributed by atoms with van der Waals surface area (Å²) in [5, 5.41) is 17.7. The topological polar surface area (TPSA) is 123 Å². The van der Waals surface area contributed by atoms with Gasteiger partial charge in [-0.15, -0.1) is 0 Å². The van der Waals surface area contributed by atoms with Gasteiger partial charge in [-0.1, -0.05) is 6.07 Å². The monoisotopic (exact) mass is 471 g/mol. The van der Waals surface area contributed by atoms with E-state index in [9.17, 15) is 14.3 Å². The lowest BCUT2D eigenvalue weighted by atomic mass is 10.3. The molecule has 0 radical (unpaired) electrons. The summed E-state index contributed by atoms with van der Waals surface area (Å²) < 4.78 is 16.3. The second-order valence-electron chi connectivity index (χ2n) is 6.91. The number of aromatic nitrogens is 5. The first kappa shape index (κ1) is 18.6. The van der Waals surface area contributed by atoms with E-state index in [-0.39, 0.29) is 23.3 Å². The number of fused-ring (bicyclic) bond motifs is 1. The van der Waals surface area contributed by atoms with Gasteiger partial charge in [0.25, 0.3) is 0 Å². The highest BCUT2D eigenvalue weighted by atomic mass is 79.9. The molecular formula is C19H15BrFN7O2. The molecule has 0 unspecified atom stereocenters. The van der Waals surface area contributed by atoms with Gasteiger partial charge >= 0.3 is 5.69 Å². The quantitative estimate of drug-likeness (QED) is 0.360. The van der Waals surface area contributed by atoms with Crippen LogP contribution in [0.4, 0.5) is 15.9 Å². The summed E-state index contributed by atoms with van der Waals surface area (Å²) in [4.78, 5) is 25.4. The van der Waals surface area contributed by atoms with E-state index >= 15 is 0 Å². The molecule has 9 nitrogen and oxygen atoms in total. The number of benzene rings is 1. The molecule has 0 aliphatic heterocycles. The maximum atomic E-state index is 14.4. The fraction of sp³-hybridized carbons (Fsp3) is 0.158. The van der Waals surface area contributed by atoms with Crippen LogP contribution in [-0.2, 0) is 0 Å². The van der Waals surface area contributed by atoms with Gasteiger partial charge in [-0.3, -0.25) is 9.98 Å². The van der Waals surface area contributed by atoms with Crippen LogP contribution < -0.4 is 21.7 Å². The van der Waals surface area contributed by atoms with Crippen molar-refractivity contribution < 1.29 is 9.50 Å². The summed E-state index contributed by atoms with van der Waals surface area (Å²) in [7, 11) is 0. The molecule has 3 aromatic heterocycles. The first-order chi connectivity index (χ1) is 14.5. The van der Waals surface area contributed by atoms with Gasteiger partial charge in [-0.25, -0.2) is 14.2 Å². The number of hydrogen-bond donors (Lipinski definition) is 4. The van der Waals surface area contributed by atoms with Crippen molar-refractivity contribution in [1.29, 1.82) is 0 Å². The minimum atomic E-state index is -0.528. The molecule has 1 aromatic carbocycles. The maximum absolute atomic E-state index is 14.4. The van der Waals surface area contributed by atoms with Gasteiger partial charge < -0.3 is 15.4 Å². The third-order valence-corrected chi connectivity index (χ3v) is 5.20. The zero-order valence-corrected chi connectivity index (χ0v) is 16.9. The number of aromatic hydroxyl groups is 1. The van der Waals surface area contributed by atoms with Crippen LogP contribution in [0.25, 0.3) is 11.7 Å². The second-order valence-corrected chi connectivity index (χ2v) is 7.76. The van der Waals surface area contributed by atoms with Gasteiger partial charge in [-0.2, -0.15) is 9.61 Å². The SMILES string of the molecule is O=c1[nH]c(O)c(/C=c2\cnn3c(=NC4CC4)cc(Nc4cccc(Br)c4F)nc23)[nH]1. The number of rotatable bonds is 4. The van der Waals surface area contributed by atoms with E-state index in [2.05, 4.69) is 46.3 Å². The number of halogens is 2. The number of aromatic amines is 2. The summed E-state index contributed by atoms with van der Waals surface area (Å²) in [5.74, 6) is -0.330. The van der Waals surface area contributed by atoms with Crippen molar-refractivity contribution in [3.05, 3.63) is 67.6 Å². The first-order valence-electron chi connectivity index (χ1n) is 9.14.